The first-order chi connectivity index (χ1) is 11.2. The fraction of sp³-hybridized carbons (Fsp3) is 0.222. The number of fused-ring (bicyclic) bond motifs is 1. The van der Waals surface area contributed by atoms with E-state index in [1.807, 2.05) is 6.07 Å². The second kappa shape index (κ2) is 5.19. The van der Waals surface area contributed by atoms with Crippen LogP contribution in [0.5, 0.6) is 0 Å². The number of aldehydes is 1. The van der Waals surface area contributed by atoms with Gasteiger partial charge in [0.1, 0.15) is 5.82 Å². The summed E-state index contributed by atoms with van der Waals surface area (Å²) < 4.78 is 14.3. The average molecular weight is 310 g/mol. The van der Waals surface area contributed by atoms with E-state index < -0.39 is 0 Å². The number of halogens is 1. The molecule has 4 nitrogen and oxygen atoms in total. The topological polar surface area (TPSA) is 58.2 Å². The number of anilines is 2. The van der Waals surface area contributed by atoms with Crippen molar-refractivity contribution < 1.29 is 14.0 Å². The molecule has 1 fully saturated rings. The third-order valence-corrected chi connectivity index (χ3v) is 4.40. The molecule has 116 valence electrons. The van der Waals surface area contributed by atoms with Gasteiger partial charge in [-0.25, -0.2) is 4.39 Å². The average Bonchev–Trinajstić information content (AvgIpc) is 3.34. The lowest BCUT2D eigenvalue weighted by molar-refractivity contribution is 0.0965. The summed E-state index contributed by atoms with van der Waals surface area (Å²) in [7, 11) is 0. The van der Waals surface area contributed by atoms with Crippen LogP contribution in [0.25, 0.3) is 0 Å². The first kappa shape index (κ1) is 13.9. The van der Waals surface area contributed by atoms with Gasteiger partial charge < -0.3 is 10.6 Å². The molecule has 5 heteroatoms. The lowest BCUT2D eigenvalue weighted by atomic mass is 10.0. The molecule has 1 saturated carbocycles. The predicted molar refractivity (Wildman–Crippen MR) is 84.7 cm³/mol. The van der Waals surface area contributed by atoms with Crippen molar-refractivity contribution in [2.75, 3.05) is 5.32 Å². The van der Waals surface area contributed by atoms with Crippen molar-refractivity contribution in [3.05, 3.63) is 58.4 Å². The monoisotopic (exact) mass is 310 g/mol. The second-order valence-corrected chi connectivity index (χ2v) is 6.04. The Hall–Kier alpha value is -2.69. The minimum absolute atomic E-state index is 0.176. The van der Waals surface area contributed by atoms with Crippen molar-refractivity contribution in [1.82, 2.24) is 5.32 Å². The maximum atomic E-state index is 14.3. The van der Waals surface area contributed by atoms with Crippen LogP contribution < -0.4 is 10.6 Å². The van der Waals surface area contributed by atoms with Crippen LogP contribution in [0.3, 0.4) is 0 Å². The Morgan fingerprint density at radius 2 is 2.00 bits per heavy atom. The molecule has 1 heterocycles. The van der Waals surface area contributed by atoms with Gasteiger partial charge in [-0.15, -0.1) is 0 Å². The zero-order chi connectivity index (χ0) is 16.0. The van der Waals surface area contributed by atoms with E-state index in [4.69, 9.17) is 0 Å². The number of amides is 1. The molecule has 2 aromatic carbocycles. The van der Waals surface area contributed by atoms with E-state index in [1.54, 1.807) is 24.3 Å². The van der Waals surface area contributed by atoms with Gasteiger partial charge in [-0.05, 0) is 54.2 Å². The molecule has 1 aliphatic heterocycles. The van der Waals surface area contributed by atoms with Crippen LogP contribution in [0.2, 0.25) is 0 Å². The summed E-state index contributed by atoms with van der Waals surface area (Å²) in [4.78, 5) is 23.1. The van der Waals surface area contributed by atoms with Crippen LogP contribution in [-0.4, -0.2) is 12.2 Å². The zero-order valence-electron chi connectivity index (χ0n) is 12.4. The Kier molecular flexibility index (Phi) is 3.15. The molecular weight excluding hydrogens is 295 g/mol. The smallest absolute Gasteiger partial charge is 0.251 e. The van der Waals surface area contributed by atoms with E-state index in [0.29, 0.717) is 41.3 Å². The summed E-state index contributed by atoms with van der Waals surface area (Å²) in [5.74, 6) is -0.0472. The number of carbonyl (C=O) groups is 2. The van der Waals surface area contributed by atoms with Crippen molar-refractivity contribution in [3.63, 3.8) is 0 Å². The lowest BCUT2D eigenvalue weighted by Gasteiger charge is -2.12. The first-order valence-corrected chi connectivity index (χ1v) is 7.62. The highest BCUT2D eigenvalue weighted by Gasteiger charge is 2.25. The lowest BCUT2D eigenvalue weighted by Crippen LogP contribution is -2.12. The van der Waals surface area contributed by atoms with Gasteiger partial charge in [0.2, 0.25) is 0 Å². The fourth-order valence-corrected chi connectivity index (χ4v) is 2.95. The van der Waals surface area contributed by atoms with Crippen molar-refractivity contribution in [3.8, 4) is 0 Å². The van der Waals surface area contributed by atoms with E-state index in [-0.39, 0.29) is 11.7 Å². The molecule has 23 heavy (non-hydrogen) atoms. The number of carbonyl (C=O) groups excluding carboxylic acids is 2. The van der Waals surface area contributed by atoms with E-state index in [1.165, 1.54) is 0 Å². The van der Waals surface area contributed by atoms with Gasteiger partial charge in [0.25, 0.3) is 5.91 Å². The zero-order valence-corrected chi connectivity index (χ0v) is 12.4. The molecule has 0 unspecified atom stereocenters. The molecule has 0 spiro atoms. The molecule has 0 bridgehead atoms. The fourth-order valence-electron chi connectivity index (χ4n) is 2.95. The molecule has 2 N–H and O–H groups in total. The highest BCUT2D eigenvalue weighted by atomic mass is 19.1. The van der Waals surface area contributed by atoms with Gasteiger partial charge in [0.15, 0.2) is 6.29 Å². The van der Waals surface area contributed by atoms with Crippen LogP contribution in [0, 0.1) is 5.82 Å². The highest BCUT2D eigenvalue weighted by molar-refractivity contribution is 6.01. The van der Waals surface area contributed by atoms with E-state index in [0.717, 1.165) is 24.0 Å². The minimum atomic E-state index is -0.351. The molecule has 4 rings (SSSR count). The van der Waals surface area contributed by atoms with Crippen molar-refractivity contribution in [2.24, 2.45) is 0 Å². The third-order valence-electron chi connectivity index (χ3n) is 4.40. The Morgan fingerprint density at radius 3 is 2.70 bits per heavy atom. The van der Waals surface area contributed by atoms with Gasteiger partial charge in [-0.2, -0.15) is 0 Å². The Morgan fingerprint density at radius 1 is 1.17 bits per heavy atom. The molecule has 2 aromatic rings. The van der Waals surface area contributed by atoms with Crippen LogP contribution >= 0.6 is 0 Å². The summed E-state index contributed by atoms with van der Waals surface area (Å²) in [6, 6.07) is 8.41. The largest absolute Gasteiger partial charge is 0.353 e. The van der Waals surface area contributed by atoms with Gasteiger partial charge in [-0.1, -0.05) is 6.07 Å². The maximum Gasteiger partial charge on any atom is 0.251 e. The summed E-state index contributed by atoms with van der Waals surface area (Å²) >= 11 is 0. The molecule has 0 aromatic heterocycles. The molecule has 0 atom stereocenters. The Bertz CT molecular complexity index is 828. The van der Waals surface area contributed by atoms with E-state index in [2.05, 4.69) is 10.6 Å². The molecular formula is C18H15FN2O2. The number of nitrogens with one attached hydrogen (secondary N) is 2. The molecule has 1 aliphatic carbocycles. The van der Waals surface area contributed by atoms with Crippen LogP contribution in [-0.2, 0) is 6.54 Å². The van der Waals surface area contributed by atoms with Crippen molar-refractivity contribution in [2.45, 2.75) is 25.3 Å². The maximum absolute atomic E-state index is 14.3. The summed E-state index contributed by atoms with van der Waals surface area (Å²) in [5.41, 5.74) is 3.47. The normalized spacial score (nSPS) is 16.0. The van der Waals surface area contributed by atoms with Gasteiger partial charge >= 0.3 is 0 Å². The van der Waals surface area contributed by atoms with Crippen LogP contribution in [0.15, 0.2) is 30.3 Å². The van der Waals surface area contributed by atoms with Crippen LogP contribution in [0.4, 0.5) is 15.8 Å². The third kappa shape index (κ3) is 2.48. The van der Waals surface area contributed by atoms with Crippen molar-refractivity contribution >= 4 is 23.6 Å². The SMILES string of the molecule is O=Cc1cc2c(cc1Nc1ccc(C3CC3)cc1F)C(=O)NC2. The standard InChI is InChI=1S/C18H15FN2O2/c19-15-6-11(10-1-2-10)3-4-16(15)21-17-7-14-12(5-13(17)9-22)8-20-18(14)23/h3-7,9-10,21H,1-2,8H2,(H,20,23). The van der Waals surface area contributed by atoms with Crippen LogP contribution in [0.1, 0.15) is 50.6 Å². The minimum Gasteiger partial charge on any atom is -0.353 e. The van der Waals surface area contributed by atoms with Gasteiger partial charge in [0, 0.05) is 23.4 Å². The van der Waals surface area contributed by atoms with Crippen molar-refractivity contribution in [1.29, 1.82) is 0 Å². The molecule has 1 amide bonds. The molecule has 2 aliphatic rings. The second-order valence-electron chi connectivity index (χ2n) is 6.04. The first-order valence-electron chi connectivity index (χ1n) is 7.62. The van der Waals surface area contributed by atoms with E-state index >= 15 is 0 Å². The van der Waals surface area contributed by atoms with Gasteiger partial charge in [0.05, 0.1) is 5.69 Å². The van der Waals surface area contributed by atoms with Gasteiger partial charge in [-0.3, -0.25) is 9.59 Å². The summed E-state index contributed by atoms with van der Waals surface area (Å²) in [6.07, 6.45) is 2.94. The molecule has 0 radical (unpaired) electrons. The number of rotatable bonds is 4. The van der Waals surface area contributed by atoms with E-state index in [9.17, 15) is 14.0 Å². The molecule has 0 saturated heterocycles. The quantitative estimate of drug-likeness (QED) is 0.850. The summed E-state index contributed by atoms with van der Waals surface area (Å²) in [5, 5.41) is 5.65. The number of hydrogen-bond donors (Lipinski definition) is 2. The number of hydrogen-bond acceptors (Lipinski definition) is 3. The Balaban J connectivity index is 1.69. The highest BCUT2D eigenvalue weighted by Crippen LogP contribution is 2.41. The number of benzene rings is 2. The Labute approximate surface area is 132 Å². The summed E-state index contributed by atoms with van der Waals surface area (Å²) in [6.45, 7) is 0.416. The predicted octanol–water partition coefficient (Wildman–Crippen LogP) is 3.50.